The summed E-state index contributed by atoms with van der Waals surface area (Å²) in [5.74, 6) is 0.664. The van der Waals surface area contributed by atoms with E-state index in [9.17, 15) is 4.79 Å². The van der Waals surface area contributed by atoms with Crippen molar-refractivity contribution >= 4 is 5.91 Å². The minimum absolute atomic E-state index is 0.184. The van der Waals surface area contributed by atoms with Gasteiger partial charge in [-0.3, -0.25) is 4.79 Å². The Kier molecular flexibility index (Phi) is 4.66. The van der Waals surface area contributed by atoms with Gasteiger partial charge in [0, 0.05) is 25.6 Å². The van der Waals surface area contributed by atoms with Gasteiger partial charge in [-0.25, -0.2) is 0 Å². The van der Waals surface area contributed by atoms with Crippen molar-refractivity contribution in [3.8, 4) is 0 Å². The third kappa shape index (κ3) is 3.71. The van der Waals surface area contributed by atoms with Crippen LogP contribution in [0.2, 0.25) is 0 Å². The Morgan fingerprint density at radius 1 is 1.11 bits per heavy atom. The van der Waals surface area contributed by atoms with Gasteiger partial charge in [0.2, 0.25) is 5.91 Å². The molecule has 0 spiro atoms. The van der Waals surface area contributed by atoms with Gasteiger partial charge in [0.05, 0.1) is 5.60 Å². The molecular formula is C15H27NO2. The molecule has 0 N–H and O–H groups in total. The van der Waals surface area contributed by atoms with Gasteiger partial charge < -0.3 is 9.64 Å². The van der Waals surface area contributed by atoms with Gasteiger partial charge in [0.1, 0.15) is 0 Å². The van der Waals surface area contributed by atoms with Gasteiger partial charge in [0.15, 0.2) is 0 Å². The van der Waals surface area contributed by atoms with E-state index in [0.29, 0.717) is 5.91 Å². The van der Waals surface area contributed by atoms with Crippen LogP contribution in [-0.4, -0.2) is 36.1 Å². The first-order chi connectivity index (χ1) is 8.58. The molecule has 18 heavy (non-hydrogen) atoms. The molecule has 1 saturated carbocycles. The Balaban J connectivity index is 1.97. The van der Waals surface area contributed by atoms with Crippen LogP contribution in [0.4, 0.5) is 0 Å². The lowest BCUT2D eigenvalue weighted by Gasteiger charge is -2.31. The second-order valence-electron chi connectivity index (χ2n) is 6.41. The minimum atomic E-state index is -0.184. The lowest BCUT2D eigenvalue weighted by atomic mass is 9.97. The molecule has 2 aliphatic rings. The molecule has 1 aliphatic heterocycles. The van der Waals surface area contributed by atoms with E-state index in [2.05, 4.69) is 18.7 Å². The van der Waals surface area contributed by atoms with Gasteiger partial charge >= 0.3 is 0 Å². The monoisotopic (exact) mass is 253 g/mol. The summed E-state index contributed by atoms with van der Waals surface area (Å²) in [6.07, 6.45) is 8.22. The first-order valence-corrected chi connectivity index (χ1v) is 7.51. The van der Waals surface area contributed by atoms with E-state index >= 15 is 0 Å². The molecule has 0 radical (unpaired) electrons. The van der Waals surface area contributed by atoms with Crippen molar-refractivity contribution in [2.24, 2.45) is 5.92 Å². The highest BCUT2D eigenvalue weighted by atomic mass is 16.5. The van der Waals surface area contributed by atoms with E-state index < -0.39 is 0 Å². The average molecular weight is 253 g/mol. The quantitative estimate of drug-likeness (QED) is 0.672. The zero-order valence-electron chi connectivity index (χ0n) is 11.9. The summed E-state index contributed by atoms with van der Waals surface area (Å²) in [5, 5.41) is 0. The maximum atomic E-state index is 12.6. The van der Waals surface area contributed by atoms with Crippen molar-refractivity contribution in [3.05, 3.63) is 0 Å². The Morgan fingerprint density at radius 3 is 2.44 bits per heavy atom. The summed E-state index contributed by atoms with van der Waals surface area (Å²) < 4.78 is 5.79. The SMILES string of the molecule is CC1(C)CN(C(=O)C2CCCCCC2)CCCO1. The third-order valence-electron chi connectivity index (χ3n) is 4.15. The number of carbonyl (C=O) groups is 1. The minimum Gasteiger partial charge on any atom is -0.374 e. The summed E-state index contributed by atoms with van der Waals surface area (Å²) in [7, 11) is 0. The number of carbonyl (C=O) groups excluding carboxylic acids is 1. The molecule has 0 aromatic heterocycles. The maximum Gasteiger partial charge on any atom is 0.225 e. The maximum absolute atomic E-state index is 12.6. The molecule has 104 valence electrons. The summed E-state index contributed by atoms with van der Waals surface area (Å²) >= 11 is 0. The van der Waals surface area contributed by atoms with Crippen molar-refractivity contribution in [3.63, 3.8) is 0 Å². The zero-order valence-corrected chi connectivity index (χ0v) is 11.9. The number of rotatable bonds is 1. The van der Waals surface area contributed by atoms with Crippen molar-refractivity contribution in [2.75, 3.05) is 19.7 Å². The van der Waals surface area contributed by atoms with Crippen LogP contribution < -0.4 is 0 Å². The Morgan fingerprint density at radius 2 is 1.78 bits per heavy atom. The fraction of sp³-hybridized carbons (Fsp3) is 0.933. The van der Waals surface area contributed by atoms with Crippen LogP contribution in [0.25, 0.3) is 0 Å². The van der Waals surface area contributed by atoms with Crippen molar-refractivity contribution < 1.29 is 9.53 Å². The summed E-state index contributed by atoms with van der Waals surface area (Å²) in [4.78, 5) is 14.7. The van der Waals surface area contributed by atoms with Gasteiger partial charge in [-0.15, -0.1) is 0 Å². The molecule has 3 heteroatoms. The van der Waals surface area contributed by atoms with Crippen LogP contribution in [-0.2, 0) is 9.53 Å². The highest BCUT2D eigenvalue weighted by Crippen LogP contribution is 2.26. The summed E-state index contributed by atoms with van der Waals surface area (Å²) in [6.45, 7) is 6.58. The van der Waals surface area contributed by atoms with Gasteiger partial charge in [-0.2, -0.15) is 0 Å². The molecular weight excluding hydrogens is 226 g/mol. The molecule has 0 unspecified atom stereocenters. The highest BCUT2D eigenvalue weighted by molar-refractivity contribution is 5.79. The molecule has 1 aliphatic carbocycles. The van der Waals surface area contributed by atoms with Gasteiger partial charge in [-0.05, 0) is 33.1 Å². The molecule has 0 aromatic rings. The molecule has 0 aromatic carbocycles. The molecule has 0 atom stereocenters. The molecule has 0 bridgehead atoms. The van der Waals surface area contributed by atoms with Crippen LogP contribution in [0, 0.1) is 5.92 Å². The standard InChI is InChI=1S/C15H27NO2/c1-15(2)12-16(10-7-11-18-15)14(17)13-8-5-3-4-6-9-13/h13H,3-12H2,1-2H3. The second kappa shape index (κ2) is 6.05. The molecule has 1 heterocycles. The lowest BCUT2D eigenvalue weighted by Crippen LogP contribution is -2.44. The van der Waals surface area contributed by atoms with Crippen LogP contribution in [0.1, 0.15) is 58.8 Å². The largest absolute Gasteiger partial charge is 0.374 e. The fourth-order valence-corrected chi connectivity index (χ4v) is 3.16. The second-order valence-corrected chi connectivity index (χ2v) is 6.41. The molecule has 3 nitrogen and oxygen atoms in total. The first kappa shape index (κ1) is 13.9. The van der Waals surface area contributed by atoms with E-state index in [1.54, 1.807) is 0 Å². The lowest BCUT2D eigenvalue weighted by molar-refractivity contribution is -0.138. The molecule has 2 fully saturated rings. The zero-order chi connectivity index (χ0) is 13.0. The smallest absolute Gasteiger partial charge is 0.225 e. The highest BCUT2D eigenvalue weighted by Gasteiger charge is 2.31. The fourth-order valence-electron chi connectivity index (χ4n) is 3.16. The van der Waals surface area contributed by atoms with E-state index in [-0.39, 0.29) is 11.5 Å². The predicted octanol–water partition coefficient (Wildman–Crippen LogP) is 2.98. The summed E-state index contributed by atoms with van der Waals surface area (Å²) in [6, 6.07) is 0. The van der Waals surface area contributed by atoms with E-state index in [0.717, 1.165) is 39.0 Å². The Bertz CT molecular complexity index is 280. The summed E-state index contributed by atoms with van der Waals surface area (Å²) in [5.41, 5.74) is -0.184. The average Bonchev–Trinajstić information content (AvgIpc) is 2.68. The third-order valence-corrected chi connectivity index (χ3v) is 4.15. The van der Waals surface area contributed by atoms with Crippen LogP contribution in [0.3, 0.4) is 0 Å². The predicted molar refractivity (Wildman–Crippen MR) is 72.4 cm³/mol. The van der Waals surface area contributed by atoms with E-state index in [4.69, 9.17) is 4.74 Å². The topological polar surface area (TPSA) is 29.5 Å². The van der Waals surface area contributed by atoms with Crippen LogP contribution in [0.15, 0.2) is 0 Å². The molecule has 1 saturated heterocycles. The Hall–Kier alpha value is -0.570. The van der Waals surface area contributed by atoms with Crippen molar-refractivity contribution in [1.29, 1.82) is 0 Å². The molecule has 2 rings (SSSR count). The number of amides is 1. The molecule has 1 amide bonds. The van der Waals surface area contributed by atoms with Gasteiger partial charge in [0.25, 0.3) is 0 Å². The van der Waals surface area contributed by atoms with E-state index in [1.165, 1.54) is 25.7 Å². The van der Waals surface area contributed by atoms with Crippen molar-refractivity contribution in [1.82, 2.24) is 4.90 Å². The number of ether oxygens (including phenoxy) is 1. The number of hydrogen-bond acceptors (Lipinski definition) is 2. The number of hydrogen-bond donors (Lipinski definition) is 0. The van der Waals surface area contributed by atoms with Crippen molar-refractivity contribution in [2.45, 2.75) is 64.4 Å². The normalized spacial score (nSPS) is 26.4. The Labute approximate surface area is 111 Å². The van der Waals surface area contributed by atoms with Crippen LogP contribution in [0.5, 0.6) is 0 Å². The van der Waals surface area contributed by atoms with E-state index in [1.807, 2.05) is 0 Å². The van der Waals surface area contributed by atoms with Crippen LogP contribution >= 0.6 is 0 Å². The first-order valence-electron chi connectivity index (χ1n) is 7.51. The van der Waals surface area contributed by atoms with Gasteiger partial charge in [-0.1, -0.05) is 25.7 Å². The number of nitrogens with zero attached hydrogens (tertiary/aromatic N) is 1.